The molecule has 0 radical (unpaired) electrons. The van der Waals surface area contributed by atoms with Crippen LogP contribution in [0, 0.1) is 0 Å². The van der Waals surface area contributed by atoms with Crippen LogP contribution in [0.5, 0.6) is 0 Å². The monoisotopic (exact) mass is 491 g/mol. The Labute approximate surface area is 181 Å². The van der Waals surface area contributed by atoms with Crippen molar-refractivity contribution in [3.8, 4) is 0 Å². The molecule has 2 aromatic carbocycles. The van der Waals surface area contributed by atoms with Gasteiger partial charge in [0.15, 0.2) is 5.60 Å². The number of halogens is 3. The number of hydrogen-bond donors (Lipinski definition) is 2. The van der Waals surface area contributed by atoms with Gasteiger partial charge in [0.05, 0.1) is 4.90 Å². The summed E-state index contributed by atoms with van der Waals surface area (Å²) in [4.78, 5) is 0.0149. The molecule has 0 aliphatic carbocycles. The molecular formula is C19H16F3NO5S3. The van der Waals surface area contributed by atoms with Crippen molar-refractivity contribution < 1.29 is 35.1 Å². The van der Waals surface area contributed by atoms with Gasteiger partial charge in [0, 0.05) is 5.69 Å². The molecule has 3 aromatic rings. The highest BCUT2D eigenvalue weighted by Crippen LogP contribution is 2.39. The largest absolute Gasteiger partial charge is 0.421 e. The number of thiophene rings is 1. The second kappa shape index (κ2) is 7.93. The van der Waals surface area contributed by atoms with Gasteiger partial charge >= 0.3 is 6.18 Å². The van der Waals surface area contributed by atoms with Crippen molar-refractivity contribution in [2.24, 2.45) is 0 Å². The van der Waals surface area contributed by atoms with Gasteiger partial charge in [-0.2, -0.15) is 13.2 Å². The van der Waals surface area contributed by atoms with E-state index in [0.717, 1.165) is 30.3 Å². The molecule has 0 fully saturated rings. The van der Waals surface area contributed by atoms with Crippen molar-refractivity contribution in [1.82, 2.24) is 0 Å². The Morgan fingerprint density at radius 3 is 1.94 bits per heavy atom. The molecule has 0 aliphatic heterocycles. The van der Waals surface area contributed by atoms with Gasteiger partial charge in [-0.3, -0.25) is 4.72 Å². The number of nitrogens with one attached hydrogen (secondary N) is 1. The molecule has 3 rings (SSSR count). The lowest BCUT2D eigenvalue weighted by atomic mass is 9.95. The SMILES string of the molecule is CC(O)(c1ccc(NS(=O)(=O)c2ccc(S(=O)(=O)c3ccccc3)s2)cc1)C(F)(F)F. The Morgan fingerprint density at radius 1 is 0.839 bits per heavy atom. The summed E-state index contributed by atoms with van der Waals surface area (Å²) in [5, 5.41) is 9.68. The summed E-state index contributed by atoms with van der Waals surface area (Å²) in [7, 11) is -8.09. The Hall–Kier alpha value is -2.41. The summed E-state index contributed by atoms with van der Waals surface area (Å²) in [5.41, 5.74) is -3.61. The van der Waals surface area contributed by atoms with E-state index in [1.54, 1.807) is 18.2 Å². The van der Waals surface area contributed by atoms with Crippen LogP contribution in [0.3, 0.4) is 0 Å². The van der Waals surface area contributed by atoms with E-state index in [4.69, 9.17) is 0 Å². The van der Waals surface area contributed by atoms with E-state index in [1.165, 1.54) is 18.2 Å². The van der Waals surface area contributed by atoms with Gasteiger partial charge in [0.1, 0.15) is 8.42 Å². The lowest BCUT2D eigenvalue weighted by Gasteiger charge is -2.26. The summed E-state index contributed by atoms with van der Waals surface area (Å²) >= 11 is 0.544. The van der Waals surface area contributed by atoms with Crippen LogP contribution in [0.2, 0.25) is 0 Å². The topological polar surface area (TPSA) is 101 Å². The molecule has 0 amide bonds. The van der Waals surface area contributed by atoms with Crippen LogP contribution in [0.4, 0.5) is 18.9 Å². The second-order valence-electron chi connectivity index (χ2n) is 6.64. The standard InChI is InChI=1S/C19H16F3NO5S3/c1-18(24,19(20,21)22)13-7-9-14(10-8-13)23-31(27,28)17-12-11-16(29-17)30(25,26)15-5-3-2-4-6-15/h2-12,23-24H,1H3. The number of anilines is 1. The zero-order valence-electron chi connectivity index (χ0n) is 15.8. The van der Waals surface area contributed by atoms with Crippen molar-refractivity contribution >= 4 is 36.9 Å². The summed E-state index contributed by atoms with van der Waals surface area (Å²) in [6.07, 6.45) is -4.91. The minimum Gasteiger partial charge on any atom is -0.376 e. The molecule has 0 bridgehead atoms. The number of alkyl halides is 3. The predicted octanol–water partition coefficient (Wildman–Crippen LogP) is 4.15. The van der Waals surface area contributed by atoms with E-state index >= 15 is 0 Å². The van der Waals surface area contributed by atoms with Gasteiger partial charge in [-0.15, -0.1) is 11.3 Å². The molecule has 6 nitrogen and oxygen atoms in total. The number of benzene rings is 2. The fourth-order valence-electron chi connectivity index (χ4n) is 2.54. The molecule has 0 saturated carbocycles. The van der Waals surface area contributed by atoms with Crippen LogP contribution in [0.15, 0.2) is 80.0 Å². The van der Waals surface area contributed by atoms with E-state index in [2.05, 4.69) is 4.72 Å². The first-order valence-electron chi connectivity index (χ1n) is 8.57. The highest BCUT2D eigenvalue weighted by molar-refractivity contribution is 7.96. The molecule has 0 spiro atoms. The Bertz CT molecular complexity index is 1280. The first-order valence-corrected chi connectivity index (χ1v) is 12.4. The summed E-state index contributed by atoms with van der Waals surface area (Å²) in [6, 6.07) is 13.8. The van der Waals surface area contributed by atoms with E-state index in [0.29, 0.717) is 18.3 Å². The quantitative estimate of drug-likeness (QED) is 0.540. The zero-order valence-corrected chi connectivity index (χ0v) is 18.2. The number of aliphatic hydroxyl groups is 1. The lowest BCUT2D eigenvalue weighted by Crippen LogP contribution is -2.39. The maximum Gasteiger partial charge on any atom is 0.421 e. The smallest absolute Gasteiger partial charge is 0.376 e. The Kier molecular flexibility index (Phi) is 5.95. The second-order valence-corrected chi connectivity index (χ2v) is 11.8. The van der Waals surface area contributed by atoms with Gasteiger partial charge < -0.3 is 5.11 Å². The maximum absolute atomic E-state index is 12.9. The van der Waals surface area contributed by atoms with E-state index in [1.807, 2.05) is 0 Å². The molecular weight excluding hydrogens is 475 g/mol. The van der Waals surface area contributed by atoms with Gasteiger partial charge in [0.2, 0.25) is 9.84 Å². The van der Waals surface area contributed by atoms with Crippen LogP contribution in [-0.2, 0) is 25.5 Å². The molecule has 12 heteroatoms. The highest BCUT2D eigenvalue weighted by Gasteiger charge is 2.51. The molecule has 0 saturated heterocycles. The zero-order chi connectivity index (χ0) is 23.1. The molecule has 2 N–H and O–H groups in total. The number of sulfonamides is 1. The third-order valence-corrected chi connectivity index (χ3v) is 9.61. The normalized spacial score (nSPS) is 14.7. The molecule has 1 heterocycles. The lowest BCUT2D eigenvalue weighted by molar-refractivity contribution is -0.258. The highest BCUT2D eigenvalue weighted by atomic mass is 32.3. The van der Waals surface area contributed by atoms with Crippen molar-refractivity contribution in [1.29, 1.82) is 0 Å². The Morgan fingerprint density at radius 2 is 1.39 bits per heavy atom. The first-order chi connectivity index (χ1) is 14.2. The minimum absolute atomic E-state index is 0.0149. The van der Waals surface area contributed by atoms with Gasteiger partial charge in [-0.25, -0.2) is 16.8 Å². The summed E-state index contributed by atoms with van der Waals surface area (Å²) < 4.78 is 90.9. The van der Waals surface area contributed by atoms with Crippen molar-refractivity contribution in [2.45, 2.75) is 32.0 Å². The first kappa shape index (κ1) is 23.3. The fourth-order valence-corrected chi connectivity index (χ4v) is 6.79. The predicted molar refractivity (Wildman–Crippen MR) is 109 cm³/mol. The van der Waals surface area contributed by atoms with Crippen molar-refractivity contribution in [3.63, 3.8) is 0 Å². The van der Waals surface area contributed by atoms with Crippen LogP contribution in [-0.4, -0.2) is 28.1 Å². The average molecular weight is 492 g/mol. The third-order valence-electron chi connectivity index (χ3n) is 4.39. The van der Waals surface area contributed by atoms with E-state index in [9.17, 15) is 35.1 Å². The number of hydrogen-bond acceptors (Lipinski definition) is 6. The molecule has 1 aromatic heterocycles. The molecule has 0 aliphatic rings. The van der Waals surface area contributed by atoms with Gasteiger partial charge in [-0.05, 0) is 48.9 Å². The fraction of sp³-hybridized carbons (Fsp3) is 0.158. The molecule has 1 atom stereocenters. The van der Waals surface area contributed by atoms with Gasteiger partial charge in [-0.1, -0.05) is 30.3 Å². The maximum atomic E-state index is 12.9. The van der Waals surface area contributed by atoms with E-state index in [-0.39, 0.29) is 19.0 Å². The van der Waals surface area contributed by atoms with Crippen molar-refractivity contribution in [2.75, 3.05) is 4.72 Å². The van der Waals surface area contributed by atoms with Crippen LogP contribution < -0.4 is 4.72 Å². The molecule has 166 valence electrons. The molecule has 31 heavy (non-hydrogen) atoms. The van der Waals surface area contributed by atoms with Crippen LogP contribution in [0.1, 0.15) is 12.5 Å². The molecule has 1 unspecified atom stereocenters. The average Bonchev–Trinajstić information content (AvgIpc) is 3.20. The van der Waals surface area contributed by atoms with Crippen molar-refractivity contribution in [3.05, 3.63) is 72.3 Å². The van der Waals surface area contributed by atoms with Gasteiger partial charge in [0.25, 0.3) is 10.0 Å². The summed E-state index contributed by atoms with van der Waals surface area (Å²) in [5.74, 6) is 0. The number of sulfone groups is 1. The Balaban J connectivity index is 1.84. The van der Waals surface area contributed by atoms with Crippen LogP contribution in [0.25, 0.3) is 0 Å². The third kappa shape index (κ3) is 4.61. The number of rotatable bonds is 6. The minimum atomic E-state index is -4.91. The van der Waals surface area contributed by atoms with E-state index < -0.39 is 37.2 Å². The summed E-state index contributed by atoms with van der Waals surface area (Å²) in [6.45, 7) is 0.590. The van der Waals surface area contributed by atoms with Crippen LogP contribution >= 0.6 is 11.3 Å².